The number of hydrogen-bond acceptors (Lipinski definition) is 8. The Morgan fingerprint density at radius 3 is 2.55 bits per heavy atom. The van der Waals surface area contributed by atoms with Crippen LogP contribution in [0, 0.1) is 0 Å². The van der Waals surface area contributed by atoms with Crippen LogP contribution in [-0.4, -0.2) is 53.8 Å². The summed E-state index contributed by atoms with van der Waals surface area (Å²) >= 11 is 1.27. The highest BCUT2D eigenvalue weighted by Gasteiger charge is 2.10. The fraction of sp³-hybridized carbons (Fsp3) is 0.727. The summed E-state index contributed by atoms with van der Waals surface area (Å²) < 4.78 is 27.7. The second-order valence-electron chi connectivity index (χ2n) is 4.40. The number of rotatable bonds is 8. The molecule has 0 spiro atoms. The zero-order valence-electron chi connectivity index (χ0n) is 12.1. The van der Waals surface area contributed by atoms with Gasteiger partial charge in [0.2, 0.25) is 5.95 Å². The summed E-state index contributed by atoms with van der Waals surface area (Å²) in [6, 6.07) is 0.243. The third-order valence-electron chi connectivity index (χ3n) is 1.96. The SMILES string of the molecule is CCNc1nc(OC(C)C)nc(SCCS(C)(=O)=O)n1. The van der Waals surface area contributed by atoms with E-state index in [1.165, 1.54) is 18.0 Å². The summed E-state index contributed by atoms with van der Waals surface area (Å²) in [5.74, 6) is 0.912. The van der Waals surface area contributed by atoms with E-state index in [1.807, 2.05) is 20.8 Å². The minimum Gasteiger partial charge on any atom is -0.461 e. The third kappa shape index (κ3) is 6.90. The van der Waals surface area contributed by atoms with Gasteiger partial charge in [0, 0.05) is 18.6 Å². The van der Waals surface area contributed by atoms with Gasteiger partial charge in [0.25, 0.3) is 0 Å². The quantitative estimate of drug-likeness (QED) is 0.715. The van der Waals surface area contributed by atoms with Crippen LogP contribution in [0.15, 0.2) is 5.16 Å². The van der Waals surface area contributed by atoms with Gasteiger partial charge in [-0.2, -0.15) is 15.0 Å². The first kappa shape index (κ1) is 17.0. The van der Waals surface area contributed by atoms with E-state index in [4.69, 9.17) is 4.74 Å². The molecule has 0 fully saturated rings. The highest BCUT2D eigenvalue weighted by Crippen LogP contribution is 2.18. The van der Waals surface area contributed by atoms with E-state index >= 15 is 0 Å². The molecular formula is C11H20N4O3S2. The largest absolute Gasteiger partial charge is 0.461 e. The first-order valence-electron chi connectivity index (χ1n) is 6.27. The lowest BCUT2D eigenvalue weighted by Gasteiger charge is -2.10. The summed E-state index contributed by atoms with van der Waals surface area (Å²) in [4.78, 5) is 12.5. The van der Waals surface area contributed by atoms with Crippen LogP contribution in [0.1, 0.15) is 20.8 Å². The van der Waals surface area contributed by atoms with Crippen LogP contribution in [0.25, 0.3) is 0 Å². The van der Waals surface area contributed by atoms with E-state index in [1.54, 1.807) is 0 Å². The van der Waals surface area contributed by atoms with E-state index in [2.05, 4.69) is 20.3 Å². The number of hydrogen-bond donors (Lipinski definition) is 1. The Kier molecular flexibility index (Phi) is 6.47. The maximum Gasteiger partial charge on any atom is 0.322 e. The van der Waals surface area contributed by atoms with Crippen molar-refractivity contribution in [3.05, 3.63) is 0 Å². The van der Waals surface area contributed by atoms with Gasteiger partial charge in [-0.25, -0.2) is 8.42 Å². The lowest BCUT2D eigenvalue weighted by Crippen LogP contribution is -2.12. The molecule has 20 heavy (non-hydrogen) atoms. The van der Waals surface area contributed by atoms with E-state index in [0.29, 0.717) is 23.4 Å². The van der Waals surface area contributed by atoms with Crippen LogP contribution in [0.5, 0.6) is 6.01 Å². The molecule has 0 saturated heterocycles. The molecular weight excluding hydrogens is 300 g/mol. The molecule has 114 valence electrons. The second-order valence-corrected chi connectivity index (χ2v) is 7.72. The molecule has 9 heteroatoms. The third-order valence-corrected chi connectivity index (χ3v) is 4.01. The Hall–Kier alpha value is -1.09. The van der Waals surface area contributed by atoms with Gasteiger partial charge in [-0.3, -0.25) is 0 Å². The Balaban J connectivity index is 2.79. The number of aromatic nitrogens is 3. The smallest absolute Gasteiger partial charge is 0.322 e. The second kappa shape index (κ2) is 7.63. The number of thioether (sulfide) groups is 1. The highest BCUT2D eigenvalue weighted by molar-refractivity contribution is 8.00. The van der Waals surface area contributed by atoms with E-state index in [-0.39, 0.29) is 17.9 Å². The van der Waals surface area contributed by atoms with Crippen molar-refractivity contribution in [3.63, 3.8) is 0 Å². The van der Waals surface area contributed by atoms with Gasteiger partial charge >= 0.3 is 6.01 Å². The van der Waals surface area contributed by atoms with Crippen molar-refractivity contribution in [1.82, 2.24) is 15.0 Å². The summed E-state index contributed by atoms with van der Waals surface area (Å²) in [5, 5.41) is 3.45. The monoisotopic (exact) mass is 320 g/mol. The van der Waals surface area contributed by atoms with Crippen LogP contribution in [0.4, 0.5) is 5.95 Å². The normalized spacial score (nSPS) is 11.7. The van der Waals surface area contributed by atoms with Gasteiger partial charge in [0.05, 0.1) is 11.9 Å². The fourth-order valence-electron chi connectivity index (χ4n) is 1.19. The molecule has 1 heterocycles. The van der Waals surface area contributed by atoms with Crippen molar-refractivity contribution in [2.24, 2.45) is 0 Å². The van der Waals surface area contributed by atoms with Crippen LogP contribution in [0.3, 0.4) is 0 Å². The van der Waals surface area contributed by atoms with Gasteiger partial charge < -0.3 is 10.1 Å². The van der Waals surface area contributed by atoms with Gasteiger partial charge in [-0.1, -0.05) is 11.8 Å². The molecule has 0 radical (unpaired) electrons. The molecule has 1 N–H and O–H groups in total. The topological polar surface area (TPSA) is 94.1 Å². The number of ether oxygens (including phenoxy) is 1. The summed E-state index contributed by atoms with van der Waals surface area (Å²) in [5.41, 5.74) is 0. The number of nitrogens with one attached hydrogen (secondary N) is 1. The van der Waals surface area contributed by atoms with Crippen LogP contribution < -0.4 is 10.1 Å². The Morgan fingerprint density at radius 1 is 1.30 bits per heavy atom. The van der Waals surface area contributed by atoms with Crippen molar-refractivity contribution in [2.45, 2.75) is 32.0 Å². The Bertz CT molecular complexity index is 534. The maximum atomic E-state index is 11.1. The van der Waals surface area contributed by atoms with E-state index < -0.39 is 9.84 Å². The maximum absolute atomic E-state index is 11.1. The Morgan fingerprint density at radius 2 is 2.00 bits per heavy atom. The number of nitrogens with zero attached hydrogens (tertiary/aromatic N) is 3. The molecule has 0 aliphatic carbocycles. The van der Waals surface area contributed by atoms with Crippen LogP contribution in [0.2, 0.25) is 0 Å². The minimum atomic E-state index is -2.98. The fourth-order valence-corrected chi connectivity index (χ4v) is 3.21. The molecule has 0 atom stereocenters. The molecule has 1 aromatic rings. The molecule has 0 amide bonds. The molecule has 0 aliphatic rings. The predicted octanol–water partition coefficient (Wildman–Crippen LogP) is 1.23. The Labute approximate surface area is 123 Å². The molecule has 0 aliphatic heterocycles. The van der Waals surface area contributed by atoms with E-state index in [9.17, 15) is 8.42 Å². The average molecular weight is 320 g/mol. The molecule has 1 aromatic heterocycles. The first-order chi connectivity index (χ1) is 9.30. The van der Waals surface area contributed by atoms with Crippen molar-refractivity contribution in [3.8, 4) is 6.01 Å². The van der Waals surface area contributed by atoms with Crippen molar-refractivity contribution < 1.29 is 13.2 Å². The molecule has 7 nitrogen and oxygen atoms in total. The molecule has 0 saturated carbocycles. The lowest BCUT2D eigenvalue weighted by molar-refractivity contribution is 0.219. The first-order valence-corrected chi connectivity index (χ1v) is 9.32. The standard InChI is InChI=1S/C11H20N4O3S2/c1-5-12-9-13-10(18-8(2)3)15-11(14-9)19-6-7-20(4,16)17/h8H,5-7H2,1-4H3,(H,12,13,14,15). The highest BCUT2D eigenvalue weighted by atomic mass is 32.2. The van der Waals surface area contributed by atoms with Crippen LogP contribution >= 0.6 is 11.8 Å². The van der Waals surface area contributed by atoms with Gasteiger partial charge in [-0.15, -0.1) is 0 Å². The zero-order chi connectivity index (χ0) is 15.2. The van der Waals surface area contributed by atoms with Gasteiger partial charge in [0.1, 0.15) is 9.84 Å². The lowest BCUT2D eigenvalue weighted by atomic mass is 10.5. The molecule has 0 bridgehead atoms. The molecule has 0 unspecified atom stereocenters. The molecule has 0 aromatic carbocycles. The summed E-state index contributed by atoms with van der Waals surface area (Å²) in [6.07, 6.45) is 1.17. The number of anilines is 1. The van der Waals surface area contributed by atoms with Crippen molar-refractivity contribution >= 4 is 27.5 Å². The van der Waals surface area contributed by atoms with Gasteiger partial charge in [0.15, 0.2) is 5.16 Å². The predicted molar refractivity (Wildman–Crippen MR) is 80.2 cm³/mol. The van der Waals surface area contributed by atoms with Crippen LogP contribution in [-0.2, 0) is 9.84 Å². The zero-order valence-corrected chi connectivity index (χ0v) is 13.7. The summed E-state index contributed by atoms with van der Waals surface area (Å²) in [7, 11) is -2.98. The number of sulfone groups is 1. The minimum absolute atomic E-state index is 0.0410. The van der Waals surface area contributed by atoms with Gasteiger partial charge in [-0.05, 0) is 20.8 Å². The molecule has 1 rings (SSSR count). The summed E-state index contributed by atoms with van der Waals surface area (Å²) in [6.45, 7) is 6.38. The average Bonchev–Trinajstić information content (AvgIpc) is 2.26. The van der Waals surface area contributed by atoms with E-state index in [0.717, 1.165) is 0 Å². The van der Waals surface area contributed by atoms with Crippen molar-refractivity contribution in [2.75, 3.05) is 29.6 Å². The van der Waals surface area contributed by atoms with Crippen molar-refractivity contribution in [1.29, 1.82) is 0 Å².